The fourth-order valence-electron chi connectivity index (χ4n) is 1.80. The van der Waals surface area contributed by atoms with Gasteiger partial charge in [-0.2, -0.15) is 0 Å². The van der Waals surface area contributed by atoms with Crippen molar-refractivity contribution in [2.45, 2.75) is 13.8 Å². The van der Waals surface area contributed by atoms with Gasteiger partial charge >= 0.3 is 17.8 Å². The maximum Gasteiger partial charge on any atom is 0.312 e. The smallest absolute Gasteiger partial charge is 0.312 e. The SMILES string of the molecule is CCN1CCN(CC(C)C(=O)OC)C(=O)C1=O. The molecule has 0 N–H and O–H groups in total. The molecule has 96 valence electrons. The molecule has 1 heterocycles. The molecule has 1 unspecified atom stereocenters. The van der Waals surface area contributed by atoms with Gasteiger partial charge in [-0.05, 0) is 6.92 Å². The van der Waals surface area contributed by atoms with E-state index in [0.717, 1.165) is 0 Å². The third kappa shape index (κ3) is 2.95. The lowest BCUT2D eigenvalue weighted by atomic mass is 10.1. The fourth-order valence-corrected chi connectivity index (χ4v) is 1.80. The molecular formula is C11H18N2O4. The van der Waals surface area contributed by atoms with Crippen LogP contribution in [0.4, 0.5) is 0 Å². The van der Waals surface area contributed by atoms with Gasteiger partial charge in [0.25, 0.3) is 0 Å². The van der Waals surface area contributed by atoms with Crippen molar-refractivity contribution >= 4 is 17.8 Å². The Bertz CT molecular complexity index is 329. The van der Waals surface area contributed by atoms with Gasteiger partial charge in [-0.25, -0.2) is 0 Å². The number of esters is 1. The summed E-state index contributed by atoms with van der Waals surface area (Å²) >= 11 is 0. The van der Waals surface area contributed by atoms with Gasteiger partial charge in [-0.15, -0.1) is 0 Å². The molecule has 0 aliphatic carbocycles. The summed E-state index contributed by atoms with van der Waals surface area (Å²) in [7, 11) is 1.31. The molecule has 6 heteroatoms. The summed E-state index contributed by atoms with van der Waals surface area (Å²) in [6.07, 6.45) is 0. The van der Waals surface area contributed by atoms with Crippen molar-refractivity contribution in [1.29, 1.82) is 0 Å². The zero-order valence-corrected chi connectivity index (χ0v) is 10.4. The van der Waals surface area contributed by atoms with E-state index in [1.807, 2.05) is 6.92 Å². The highest BCUT2D eigenvalue weighted by molar-refractivity contribution is 6.35. The number of carbonyl (C=O) groups is 3. The van der Waals surface area contributed by atoms with Gasteiger partial charge in [-0.3, -0.25) is 14.4 Å². The van der Waals surface area contributed by atoms with Crippen LogP contribution in [0.3, 0.4) is 0 Å². The average Bonchev–Trinajstić information content (AvgIpc) is 2.34. The van der Waals surface area contributed by atoms with E-state index in [9.17, 15) is 14.4 Å². The summed E-state index contributed by atoms with van der Waals surface area (Å²) in [5.41, 5.74) is 0. The number of methoxy groups -OCH3 is 1. The minimum Gasteiger partial charge on any atom is -0.469 e. The highest BCUT2D eigenvalue weighted by Gasteiger charge is 2.33. The van der Waals surface area contributed by atoms with E-state index in [2.05, 4.69) is 4.74 Å². The Balaban J connectivity index is 2.60. The molecule has 0 spiro atoms. The molecule has 1 saturated heterocycles. The lowest BCUT2D eigenvalue weighted by Gasteiger charge is -2.33. The molecule has 1 fully saturated rings. The summed E-state index contributed by atoms with van der Waals surface area (Å²) < 4.78 is 4.59. The third-order valence-electron chi connectivity index (χ3n) is 2.88. The highest BCUT2D eigenvalue weighted by Crippen LogP contribution is 2.09. The predicted octanol–water partition coefficient (Wildman–Crippen LogP) is -0.514. The molecule has 17 heavy (non-hydrogen) atoms. The van der Waals surface area contributed by atoms with Crippen molar-refractivity contribution in [2.75, 3.05) is 33.3 Å². The molecule has 1 atom stereocenters. The van der Waals surface area contributed by atoms with Crippen molar-refractivity contribution in [3.05, 3.63) is 0 Å². The first-order valence-electron chi connectivity index (χ1n) is 5.67. The van der Waals surface area contributed by atoms with Crippen LogP contribution in [0.5, 0.6) is 0 Å². The van der Waals surface area contributed by atoms with Gasteiger partial charge in [0.15, 0.2) is 0 Å². The molecule has 0 aromatic rings. The predicted molar refractivity (Wildman–Crippen MR) is 60.0 cm³/mol. The number of rotatable bonds is 4. The topological polar surface area (TPSA) is 66.9 Å². The lowest BCUT2D eigenvalue weighted by Crippen LogP contribution is -2.55. The summed E-state index contributed by atoms with van der Waals surface area (Å²) in [4.78, 5) is 37.5. The number of hydrogen-bond acceptors (Lipinski definition) is 4. The van der Waals surface area contributed by atoms with E-state index in [1.165, 1.54) is 16.9 Å². The largest absolute Gasteiger partial charge is 0.469 e. The highest BCUT2D eigenvalue weighted by atomic mass is 16.5. The molecular weight excluding hydrogens is 224 g/mol. The molecule has 0 aromatic heterocycles. The zero-order chi connectivity index (χ0) is 13.0. The van der Waals surface area contributed by atoms with Gasteiger partial charge in [0.2, 0.25) is 0 Å². The quantitative estimate of drug-likeness (QED) is 0.492. The standard InChI is InChI=1S/C11H18N2O4/c1-4-12-5-6-13(10(15)9(12)14)7-8(2)11(16)17-3/h8H,4-7H2,1-3H3. The number of carbonyl (C=O) groups excluding carboxylic acids is 3. The van der Waals surface area contributed by atoms with E-state index in [0.29, 0.717) is 19.6 Å². The number of likely N-dealkylation sites (N-methyl/N-ethyl adjacent to an activating group) is 1. The molecule has 1 rings (SSSR count). The van der Waals surface area contributed by atoms with Crippen LogP contribution < -0.4 is 0 Å². The van der Waals surface area contributed by atoms with Crippen LogP contribution >= 0.6 is 0 Å². The van der Waals surface area contributed by atoms with Crippen molar-refractivity contribution in [3.63, 3.8) is 0 Å². The van der Waals surface area contributed by atoms with Gasteiger partial charge in [0, 0.05) is 26.2 Å². The molecule has 1 aliphatic heterocycles. The average molecular weight is 242 g/mol. The monoisotopic (exact) mass is 242 g/mol. The molecule has 0 bridgehead atoms. The van der Waals surface area contributed by atoms with Crippen molar-refractivity contribution < 1.29 is 19.1 Å². The normalized spacial score (nSPS) is 18.3. The summed E-state index contributed by atoms with van der Waals surface area (Å²) in [6, 6.07) is 0. The van der Waals surface area contributed by atoms with Gasteiger partial charge < -0.3 is 14.5 Å². The van der Waals surface area contributed by atoms with Crippen LogP contribution in [0, 0.1) is 5.92 Å². The summed E-state index contributed by atoms with van der Waals surface area (Å²) in [5.74, 6) is -1.81. The minimum atomic E-state index is -0.533. The van der Waals surface area contributed by atoms with Crippen molar-refractivity contribution in [3.8, 4) is 0 Å². The fraction of sp³-hybridized carbons (Fsp3) is 0.727. The molecule has 0 aromatic carbocycles. The van der Waals surface area contributed by atoms with Crippen LogP contribution in [0.25, 0.3) is 0 Å². The number of amides is 2. The minimum absolute atomic E-state index is 0.231. The van der Waals surface area contributed by atoms with E-state index in [4.69, 9.17) is 0 Å². The maximum absolute atomic E-state index is 11.7. The van der Waals surface area contributed by atoms with E-state index >= 15 is 0 Å². The molecule has 2 amide bonds. The summed E-state index contributed by atoms with van der Waals surface area (Å²) in [6.45, 7) is 5.27. The zero-order valence-electron chi connectivity index (χ0n) is 10.4. The van der Waals surface area contributed by atoms with Gasteiger partial charge in [-0.1, -0.05) is 6.92 Å². The van der Waals surface area contributed by atoms with Gasteiger partial charge in [0.05, 0.1) is 13.0 Å². The number of piperazine rings is 1. The van der Waals surface area contributed by atoms with Crippen LogP contribution in [-0.2, 0) is 19.1 Å². The lowest BCUT2D eigenvalue weighted by molar-refractivity contribution is -0.157. The van der Waals surface area contributed by atoms with Crippen LogP contribution in [0.2, 0.25) is 0 Å². The van der Waals surface area contributed by atoms with Crippen LogP contribution in [0.15, 0.2) is 0 Å². The first-order chi connectivity index (χ1) is 8.01. The Morgan fingerprint density at radius 3 is 2.35 bits per heavy atom. The molecule has 1 aliphatic rings. The second-order valence-electron chi connectivity index (χ2n) is 4.06. The second-order valence-corrected chi connectivity index (χ2v) is 4.06. The van der Waals surface area contributed by atoms with Crippen molar-refractivity contribution in [2.24, 2.45) is 5.92 Å². The maximum atomic E-state index is 11.7. The molecule has 0 saturated carbocycles. The number of nitrogens with zero attached hydrogens (tertiary/aromatic N) is 2. The van der Waals surface area contributed by atoms with Crippen molar-refractivity contribution in [1.82, 2.24) is 9.80 Å². The van der Waals surface area contributed by atoms with Crippen LogP contribution in [-0.4, -0.2) is 60.9 Å². The Morgan fingerprint density at radius 2 is 1.82 bits per heavy atom. The Labute approximate surface area is 101 Å². The second kappa shape index (κ2) is 5.65. The number of hydrogen-bond donors (Lipinski definition) is 0. The Kier molecular flexibility index (Phi) is 4.48. The third-order valence-corrected chi connectivity index (χ3v) is 2.88. The number of ether oxygens (including phenoxy) is 1. The van der Waals surface area contributed by atoms with Crippen LogP contribution in [0.1, 0.15) is 13.8 Å². The summed E-state index contributed by atoms with van der Waals surface area (Å²) in [5, 5.41) is 0. The Morgan fingerprint density at radius 1 is 1.29 bits per heavy atom. The first kappa shape index (κ1) is 13.5. The van der Waals surface area contributed by atoms with E-state index < -0.39 is 17.7 Å². The van der Waals surface area contributed by atoms with E-state index in [1.54, 1.807) is 6.92 Å². The molecule has 0 radical (unpaired) electrons. The Hall–Kier alpha value is -1.59. The van der Waals surface area contributed by atoms with E-state index in [-0.39, 0.29) is 12.5 Å². The molecule has 6 nitrogen and oxygen atoms in total. The first-order valence-corrected chi connectivity index (χ1v) is 5.67. The van der Waals surface area contributed by atoms with Gasteiger partial charge in [0.1, 0.15) is 0 Å².